The quantitative estimate of drug-likeness (QED) is 0.225. The van der Waals surface area contributed by atoms with E-state index in [1.54, 1.807) is 0 Å². The molecule has 2 unspecified atom stereocenters. The molecule has 198 valence electrons. The first-order chi connectivity index (χ1) is 20.8. The highest BCUT2D eigenvalue weighted by Gasteiger charge is 2.44. The lowest BCUT2D eigenvalue weighted by Crippen LogP contribution is -2.06. The second-order valence-electron chi connectivity index (χ2n) is 11.3. The third-order valence-electron chi connectivity index (χ3n) is 8.79. The molecule has 2 aromatic heterocycles. The lowest BCUT2D eigenvalue weighted by Gasteiger charge is -2.17. The maximum atomic E-state index is 5.09. The SMILES string of the molecule is C1=C(c2ccc3c4ccccc4n(-c4nc(-c5ccccc5)nc(-c5ccccc5)n4)c3c2)C2CC2c2ccccc21. The minimum atomic E-state index is 0.585. The van der Waals surface area contributed by atoms with Crippen LogP contribution in [-0.2, 0) is 0 Å². The average molecular weight is 539 g/mol. The maximum Gasteiger partial charge on any atom is 0.238 e. The van der Waals surface area contributed by atoms with E-state index in [9.17, 15) is 0 Å². The van der Waals surface area contributed by atoms with Crippen molar-refractivity contribution in [2.75, 3.05) is 0 Å². The standard InChI is InChI=1S/C38H26N4/c1-3-11-24(12-4-1)36-39-37(25-13-5-2-6-14-25)41-38(40-36)42-34-18-10-9-17-29(34)30-20-19-27(22-35(30)42)31-21-26-15-7-8-16-28(26)32-23-33(31)32/h1-22,32-33H,23H2. The largest absolute Gasteiger partial charge is 0.278 e. The summed E-state index contributed by atoms with van der Waals surface area (Å²) in [6, 6.07) is 44.7. The Balaban J connectivity index is 1.30. The van der Waals surface area contributed by atoms with Crippen LogP contribution in [0.3, 0.4) is 0 Å². The summed E-state index contributed by atoms with van der Waals surface area (Å²) in [6.07, 6.45) is 3.62. The highest BCUT2D eigenvalue weighted by Crippen LogP contribution is 2.59. The van der Waals surface area contributed by atoms with Gasteiger partial charge in [-0.15, -0.1) is 0 Å². The molecule has 4 heteroatoms. The molecule has 1 saturated carbocycles. The first kappa shape index (κ1) is 23.4. The lowest BCUT2D eigenvalue weighted by molar-refractivity contribution is 0.953. The van der Waals surface area contributed by atoms with Gasteiger partial charge in [-0.05, 0) is 52.7 Å². The molecule has 1 fully saturated rings. The van der Waals surface area contributed by atoms with Gasteiger partial charge in [0.1, 0.15) is 0 Å². The van der Waals surface area contributed by atoms with Crippen molar-refractivity contribution < 1.29 is 0 Å². The molecule has 2 aliphatic carbocycles. The summed E-state index contributed by atoms with van der Waals surface area (Å²) in [5, 5.41) is 2.38. The van der Waals surface area contributed by atoms with Crippen LogP contribution in [0.15, 0.2) is 127 Å². The third-order valence-corrected chi connectivity index (χ3v) is 8.79. The van der Waals surface area contributed by atoms with Gasteiger partial charge < -0.3 is 0 Å². The van der Waals surface area contributed by atoms with Crippen LogP contribution in [0, 0.1) is 5.92 Å². The fraction of sp³-hybridized carbons (Fsp3) is 0.0789. The zero-order valence-corrected chi connectivity index (χ0v) is 22.9. The molecule has 2 aliphatic rings. The van der Waals surface area contributed by atoms with Crippen LogP contribution in [0.4, 0.5) is 0 Å². The molecule has 0 N–H and O–H groups in total. The van der Waals surface area contributed by atoms with Crippen LogP contribution in [-0.4, -0.2) is 19.5 Å². The number of para-hydroxylation sites is 1. The van der Waals surface area contributed by atoms with Gasteiger partial charge in [0.15, 0.2) is 11.6 Å². The zero-order valence-electron chi connectivity index (χ0n) is 22.9. The van der Waals surface area contributed by atoms with Gasteiger partial charge in [0.05, 0.1) is 11.0 Å². The molecule has 0 saturated heterocycles. The minimum absolute atomic E-state index is 0.585. The van der Waals surface area contributed by atoms with Crippen LogP contribution in [0.5, 0.6) is 0 Å². The van der Waals surface area contributed by atoms with Gasteiger partial charge in [-0.1, -0.05) is 121 Å². The Morgan fingerprint density at radius 2 is 1.17 bits per heavy atom. The van der Waals surface area contributed by atoms with Crippen LogP contribution in [0.1, 0.15) is 29.0 Å². The summed E-state index contributed by atoms with van der Waals surface area (Å²) in [6.45, 7) is 0. The molecule has 0 radical (unpaired) electrons. The Kier molecular flexibility index (Phi) is 5.05. The molecule has 0 aliphatic heterocycles. The van der Waals surface area contributed by atoms with Crippen LogP contribution >= 0.6 is 0 Å². The van der Waals surface area contributed by atoms with Gasteiger partial charge in [0.2, 0.25) is 5.95 Å². The van der Waals surface area contributed by atoms with Crippen LogP contribution in [0.25, 0.3) is 62.2 Å². The number of aromatic nitrogens is 4. The van der Waals surface area contributed by atoms with Crippen molar-refractivity contribution in [3.63, 3.8) is 0 Å². The normalized spacial score (nSPS) is 17.1. The molecule has 5 aromatic carbocycles. The lowest BCUT2D eigenvalue weighted by atomic mass is 9.88. The molecule has 2 heterocycles. The number of hydrogen-bond acceptors (Lipinski definition) is 3. The highest BCUT2D eigenvalue weighted by molar-refractivity contribution is 6.10. The number of benzene rings is 5. The van der Waals surface area contributed by atoms with E-state index in [0.717, 1.165) is 22.2 Å². The summed E-state index contributed by atoms with van der Waals surface area (Å²) in [5.41, 5.74) is 9.67. The summed E-state index contributed by atoms with van der Waals surface area (Å²) >= 11 is 0. The Labute approximate surface area is 243 Å². The molecular formula is C38H26N4. The Morgan fingerprint density at radius 3 is 1.93 bits per heavy atom. The van der Waals surface area contributed by atoms with Gasteiger partial charge in [-0.3, -0.25) is 4.57 Å². The third kappa shape index (κ3) is 3.65. The maximum absolute atomic E-state index is 5.09. The van der Waals surface area contributed by atoms with E-state index in [-0.39, 0.29) is 0 Å². The molecule has 42 heavy (non-hydrogen) atoms. The Morgan fingerprint density at radius 1 is 0.524 bits per heavy atom. The number of allylic oxidation sites excluding steroid dienone is 1. The number of hydrogen-bond donors (Lipinski definition) is 0. The fourth-order valence-electron chi connectivity index (χ4n) is 6.70. The Bertz CT molecular complexity index is 2120. The van der Waals surface area contributed by atoms with Crippen molar-refractivity contribution in [2.24, 2.45) is 5.92 Å². The van der Waals surface area contributed by atoms with Crippen LogP contribution in [0.2, 0.25) is 0 Å². The van der Waals surface area contributed by atoms with Gasteiger partial charge in [-0.25, -0.2) is 4.98 Å². The number of fused-ring (bicyclic) bond motifs is 6. The minimum Gasteiger partial charge on any atom is -0.278 e. The second-order valence-corrected chi connectivity index (χ2v) is 11.3. The summed E-state index contributed by atoms with van der Waals surface area (Å²) in [4.78, 5) is 15.1. The van der Waals surface area contributed by atoms with E-state index < -0.39 is 0 Å². The van der Waals surface area contributed by atoms with Crippen molar-refractivity contribution in [1.29, 1.82) is 0 Å². The van der Waals surface area contributed by atoms with Crippen molar-refractivity contribution >= 4 is 33.5 Å². The van der Waals surface area contributed by atoms with Gasteiger partial charge in [0, 0.05) is 21.9 Å². The topological polar surface area (TPSA) is 43.6 Å². The van der Waals surface area contributed by atoms with E-state index >= 15 is 0 Å². The first-order valence-corrected chi connectivity index (χ1v) is 14.5. The molecule has 7 aromatic rings. The molecule has 0 amide bonds. The van der Waals surface area contributed by atoms with Crippen LogP contribution < -0.4 is 0 Å². The number of nitrogens with zero attached hydrogens (tertiary/aromatic N) is 4. The van der Waals surface area contributed by atoms with Gasteiger partial charge >= 0.3 is 0 Å². The van der Waals surface area contributed by atoms with Gasteiger partial charge in [0.25, 0.3) is 0 Å². The zero-order chi connectivity index (χ0) is 27.6. The van der Waals surface area contributed by atoms with E-state index in [0.29, 0.717) is 29.4 Å². The van der Waals surface area contributed by atoms with E-state index in [1.807, 2.05) is 36.4 Å². The van der Waals surface area contributed by atoms with E-state index in [1.165, 1.54) is 39.5 Å². The van der Waals surface area contributed by atoms with E-state index in [4.69, 9.17) is 15.0 Å². The molecule has 4 nitrogen and oxygen atoms in total. The van der Waals surface area contributed by atoms with Crippen molar-refractivity contribution in [1.82, 2.24) is 19.5 Å². The van der Waals surface area contributed by atoms with Crippen molar-refractivity contribution in [3.8, 4) is 28.7 Å². The average Bonchev–Trinajstić information content (AvgIpc) is 3.81. The first-order valence-electron chi connectivity index (χ1n) is 14.5. The molecule has 0 bridgehead atoms. The summed E-state index contributed by atoms with van der Waals surface area (Å²) < 4.78 is 2.22. The second kappa shape index (κ2) is 9.08. The number of rotatable bonds is 4. The monoisotopic (exact) mass is 538 g/mol. The predicted molar refractivity (Wildman–Crippen MR) is 170 cm³/mol. The smallest absolute Gasteiger partial charge is 0.238 e. The summed E-state index contributed by atoms with van der Waals surface area (Å²) in [5.74, 6) is 3.16. The van der Waals surface area contributed by atoms with E-state index in [2.05, 4.69) is 102 Å². The molecular weight excluding hydrogens is 512 g/mol. The molecule has 2 atom stereocenters. The highest BCUT2D eigenvalue weighted by atomic mass is 15.2. The molecule has 9 rings (SSSR count). The van der Waals surface area contributed by atoms with Crippen molar-refractivity contribution in [2.45, 2.75) is 12.3 Å². The van der Waals surface area contributed by atoms with Gasteiger partial charge in [-0.2, -0.15) is 9.97 Å². The summed E-state index contributed by atoms with van der Waals surface area (Å²) in [7, 11) is 0. The Hall–Kier alpha value is -5.35. The van der Waals surface area contributed by atoms with Crippen molar-refractivity contribution in [3.05, 3.63) is 144 Å². The predicted octanol–water partition coefficient (Wildman–Crippen LogP) is 8.96. The molecule has 0 spiro atoms. The fourth-order valence-corrected chi connectivity index (χ4v) is 6.70.